The Hall–Kier alpha value is 0.170. The molecule has 1 rings (SSSR count). The molecule has 2 unspecified atom stereocenters. The molecule has 0 spiro atoms. The Labute approximate surface area is 81.7 Å². The molecule has 1 heterocycles. The van der Waals surface area contributed by atoms with Gasteiger partial charge in [0.1, 0.15) is 11.8 Å². The zero-order valence-corrected chi connectivity index (χ0v) is 8.69. The number of alkyl halides is 1. The minimum atomic E-state index is -0.676. The number of nitrogens with zero attached hydrogens (tertiary/aromatic N) is 1. The maximum atomic E-state index is 11.1. The monoisotopic (exact) mass is 211 g/mol. The van der Waals surface area contributed by atoms with Crippen molar-refractivity contribution in [3.05, 3.63) is 0 Å². The molecule has 1 aliphatic heterocycles. The summed E-state index contributed by atoms with van der Waals surface area (Å²) in [6.07, 6.45) is 0. The van der Waals surface area contributed by atoms with Crippen LogP contribution in [0.15, 0.2) is 0 Å². The van der Waals surface area contributed by atoms with Gasteiger partial charge >= 0.3 is 0 Å². The van der Waals surface area contributed by atoms with Crippen LogP contribution in [-0.4, -0.2) is 27.5 Å². The highest BCUT2D eigenvalue weighted by molar-refractivity contribution is 6.24. The van der Waals surface area contributed by atoms with E-state index in [1.807, 2.05) is 0 Å². The number of Topliss-reactive ketones (excluding diaryl/α,β-unsaturated/α-hetero) is 1. The van der Waals surface area contributed by atoms with Crippen molar-refractivity contribution in [1.29, 1.82) is 0 Å². The Morgan fingerprint density at radius 1 is 1.58 bits per heavy atom. The first-order valence-electron chi connectivity index (χ1n) is 3.64. The molecular formula is C7H11Cl2NO2. The van der Waals surface area contributed by atoms with Gasteiger partial charge in [-0.3, -0.25) is 4.79 Å². The van der Waals surface area contributed by atoms with Crippen LogP contribution in [0.4, 0.5) is 0 Å². The molecule has 0 saturated carbocycles. The SMILES string of the molecule is CC(=O)C1C(Cl)OC(C)(C)N1Cl. The van der Waals surface area contributed by atoms with Crippen molar-refractivity contribution in [2.75, 3.05) is 0 Å². The highest BCUT2D eigenvalue weighted by Crippen LogP contribution is 2.35. The van der Waals surface area contributed by atoms with Crippen LogP contribution in [0.5, 0.6) is 0 Å². The van der Waals surface area contributed by atoms with Crippen molar-refractivity contribution in [1.82, 2.24) is 4.42 Å². The molecule has 0 aromatic heterocycles. The Morgan fingerprint density at radius 2 is 2.08 bits per heavy atom. The highest BCUT2D eigenvalue weighted by Gasteiger charge is 2.48. The fourth-order valence-corrected chi connectivity index (χ4v) is 2.02. The Bertz CT molecular complexity index is 208. The molecule has 2 atom stereocenters. The van der Waals surface area contributed by atoms with Crippen molar-refractivity contribution in [3.63, 3.8) is 0 Å². The minimum Gasteiger partial charge on any atom is -0.339 e. The summed E-state index contributed by atoms with van der Waals surface area (Å²) < 4.78 is 6.60. The van der Waals surface area contributed by atoms with Gasteiger partial charge in [-0.05, 0) is 32.5 Å². The highest BCUT2D eigenvalue weighted by atomic mass is 35.5. The molecule has 1 aliphatic rings. The first kappa shape index (κ1) is 10.3. The van der Waals surface area contributed by atoms with Crippen molar-refractivity contribution in [2.24, 2.45) is 0 Å². The van der Waals surface area contributed by atoms with Gasteiger partial charge in [0, 0.05) is 0 Å². The van der Waals surface area contributed by atoms with Crippen LogP contribution >= 0.6 is 23.4 Å². The number of ketones is 1. The van der Waals surface area contributed by atoms with Gasteiger partial charge in [0.15, 0.2) is 11.3 Å². The lowest BCUT2D eigenvalue weighted by Crippen LogP contribution is -2.40. The third-order valence-corrected chi connectivity index (χ3v) is 2.77. The molecule has 0 aromatic carbocycles. The van der Waals surface area contributed by atoms with Gasteiger partial charge in [0.05, 0.1) is 0 Å². The summed E-state index contributed by atoms with van der Waals surface area (Å²) in [5.41, 5.74) is -1.33. The zero-order valence-electron chi connectivity index (χ0n) is 7.17. The smallest absolute Gasteiger partial charge is 0.157 e. The van der Waals surface area contributed by atoms with Crippen LogP contribution in [0.25, 0.3) is 0 Å². The third-order valence-electron chi connectivity index (χ3n) is 1.82. The van der Waals surface area contributed by atoms with Crippen molar-refractivity contribution in [3.8, 4) is 0 Å². The van der Waals surface area contributed by atoms with E-state index in [-0.39, 0.29) is 5.78 Å². The predicted molar refractivity (Wildman–Crippen MR) is 47.0 cm³/mol. The van der Waals surface area contributed by atoms with E-state index in [1.54, 1.807) is 13.8 Å². The second kappa shape index (κ2) is 3.14. The molecule has 0 amide bonds. The quantitative estimate of drug-likeness (QED) is 0.489. The van der Waals surface area contributed by atoms with Gasteiger partial charge in [-0.15, -0.1) is 0 Å². The normalized spacial score (nSPS) is 35.4. The minimum absolute atomic E-state index is 0.0874. The van der Waals surface area contributed by atoms with Crippen LogP contribution < -0.4 is 0 Å². The summed E-state index contributed by atoms with van der Waals surface area (Å²) in [6.45, 7) is 4.97. The molecule has 3 nitrogen and oxygen atoms in total. The molecule has 5 heteroatoms. The average Bonchev–Trinajstić information content (AvgIpc) is 2.02. The summed E-state index contributed by atoms with van der Waals surface area (Å²) in [4.78, 5) is 11.1. The van der Waals surface area contributed by atoms with Gasteiger partial charge in [0.25, 0.3) is 0 Å². The van der Waals surface area contributed by atoms with Crippen LogP contribution in [0.3, 0.4) is 0 Å². The van der Waals surface area contributed by atoms with E-state index >= 15 is 0 Å². The lowest BCUT2D eigenvalue weighted by atomic mass is 10.2. The van der Waals surface area contributed by atoms with Gasteiger partial charge < -0.3 is 4.74 Å². The molecule has 0 bridgehead atoms. The van der Waals surface area contributed by atoms with E-state index in [2.05, 4.69) is 0 Å². The topological polar surface area (TPSA) is 29.5 Å². The second-order valence-electron chi connectivity index (χ2n) is 3.28. The Morgan fingerprint density at radius 3 is 2.25 bits per heavy atom. The van der Waals surface area contributed by atoms with E-state index in [0.717, 1.165) is 0 Å². The Kier molecular flexibility index (Phi) is 2.69. The predicted octanol–water partition coefficient (Wildman–Crippen LogP) is 1.73. The second-order valence-corrected chi connectivity index (χ2v) is 4.08. The van der Waals surface area contributed by atoms with Gasteiger partial charge in [-0.2, -0.15) is 4.42 Å². The van der Waals surface area contributed by atoms with Crippen LogP contribution in [0, 0.1) is 0 Å². The van der Waals surface area contributed by atoms with Crippen molar-refractivity contribution in [2.45, 2.75) is 38.1 Å². The first-order valence-corrected chi connectivity index (χ1v) is 4.41. The number of ether oxygens (including phenoxy) is 1. The molecule has 0 aromatic rings. The number of halogens is 2. The van der Waals surface area contributed by atoms with Crippen molar-refractivity contribution < 1.29 is 9.53 Å². The fourth-order valence-electron chi connectivity index (χ4n) is 1.17. The first-order chi connectivity index (χ1) is 5.36. The number of carbonyl (C=O) groups is 1. The van der Waals surface area contributed by atoms with Gasteiger partial charge in [-0.25, -0.2) is 0 Å². The van der Waals surface area contributed by atoms with E-state index in [1.165, 1.54) is 11.3 Å². The summed E-state index contributed by atoms with van der Waals surface area (Å²) in [5, 5.41) is 0. The summed E-state index contributed by atoms with van der Waals surface area (Å²) in [6, 6.07) is -0.552. The van der Waals surface area contributed by atoms with Crippen molar-refractivity contribution >= 4 is 29.2 Å². The van der Waals surface area contributed by atoms with E-state index in [9.17, 15) is 4.79 Å². The standard InChI is InChI=1S/C7H11Cl2NO2/c1-4(11)5-6(8)12-7(2,3)10(5)9/h5-6H,1-3H3. The third kappa shape index (κ3) is 1.59. The van der Waals surface area contributed by atoms with Gasteiger partial charge in [0.2, 0.25) is 0 Å². The number of carbonyl (C=O) groups excluding carboxylic acids is 1. The van der Waals surface area contributed by atoms with Gasteiger partial charge in [-0.1, -0.05) is 11.6 Å². The largest absolute Gasteiger partial charge is 0.339 e. The maximum absolute atomic E-state index is 11.1. The molecule has 0 aliphatic carbocycles. The number of hydrogen-bond donors (Lipinski definition) is 0. The fraction of sp³-hybridized carbons (Fsp3) is 0.857. The zero-order chi connectivity index (χ0) is 9.52. The summed E-state index contributed by atoms with van der Waals surface area (Å²) in [7, 11) is 0. The molecule has 12 heavy (non-hydrogen) atoms. The maximum Gasteiger partial charge on any atom is 0.157 e. The summed E-state index contributed by atoms with van der Waals surface area (Å²) in [5.74, 6) is -0.0874. The van der Waals surface area contributed by atoms with Crippen LogP contribution in [-0.2, 0) is 9.53 Å². The Balaban J connectivity index is 2.85. The average molecular weight is 212 g/mol. The number of hydrogen-bond acceptors (Lipinski definition) is 3. The van der Waals surface area contributed by atoms with Crippen LogP contribution in [0.2, 0.25) is 0 Å². The lowest BCUT2D eigenvalue weighted by molar-refractivity contribution is -0.120. The molecule has 70 valence electrons. The molecule has 1 fully saturated rings. The van der Waals surface area contributed by atoms with E-state index in [4.69, 9.17) is 28.1 Å². The number of rotatable bonds is 1. The molecule has 1 saturated heterocycles. The molecule has 0 radical (unpaired) electrons. The van der Waals surface area contributed by atoms with E-state index in [0.29, 0.717) is 0 Å². The summed E-state index contributed by atoms with van der Waals surface area (Å²) >= 11 is 11.6. The molecule has 0 N–H and O–H groups in total. The van der Waals surface area contributed by atoms with Crippen LogP contribution in [0.1, 0.15) is 20.8 Å². The van der Waals surface area contributed by atoms with E-state index < -0.39 is 17.3 Å². The molecular weight excluding hydrogens is 201 g/mol. The lowest BCUT2D eigenvalue weighted by Gasteiger charge is -2.24.